The highest BCUT2D eigenvalue weighted by Crippen LogP contribution is 2.06. The highest BCUT2D eigenvalue weighted by Gasteiger charge is 2.07. The normalized spacial score (nSPS) is 10.2. The molecule has 0 aliphatic heterocycles. The number of H-pyrrole nitrogens is 1. The Morgan fingerprint density at radius 3 is 3.13 bits per heavy atom. The average molecular weight is 205 g/mol. The Hall–Kier alpha value is -2.04. The smallest absolute Gasteiger partial charge is 0.254 e. The van der Waals surface area contributed by atoms with Crippen LogP contribution in [0, 0.1) is 6.92 Å². The summed E-state index contributed by atoms with van der Waals surface area (Å²) < 4.78 is 5.04. The molecule has 5 nitrogen and oxygen atoms in total. The summed E-state index contributed by atoms with van der Waals surface area (Å²) in [4.78, 5) is 11.6. The predicted octanol–water partition coefficient (Wildman–Crippen LogP) is 1.24. The van der Waals surface area contributed by atoms with E-state index in [1.54, 1.807) is 25.4 Å². The summed E-state index contributed by atoms with van der Waals surface area (Å²) in [6.07, 6.45) is 4.85. The first-order valence-corrected chi connectivity index (χ1v) is 4.56. The highest BCUT2D eigenvalue weighted by atomic mass is 16.3. The van der Waals surface area contributed by atoms with E-state index in [9.17, 15) is 4.79 Å². The first kappa shape index (κ1) is 9.51. The van der Waals surface area contributed by atoms with E-state index in [4.69, 9.17) is 4.42 Å². The maximum atomic E-state index is 11.6. The molecular formula is C10H11N3O2. The fourth-order valence-electron chi connectivity index (χ4n) is 1.22. The van der Waals surface area contributed by atoms with E-state index in [-0.39, 0.29) is 5.91 Å². The molecule has 2 rings (SSSR count). The molecule has 0 aliphatic carbocycles. The van der Waals surface area contributed by atoms with Crippen LogP contribution in [0.2, 0.25) is 0 Å². The Bertz CT molecular complexity index is 445. The molecule has 0 aliphatic rings. The Labute approximate surface area is 86.5 Å². The van der Waals surface area contributed by atoms with Crippen LogP contribution >= 0.6 is 0 Å². The van der Waals surface area contributed by atoms with Crippen LogP contribution in [0.15, 0.2) is 29.1 Å². The molecule has 15 heavy (non-hydrogen) atoms. The van der Waals surface area contributed by atoms with Crippen molar-refractivity contribution in [2.24, 2.45) is 0 Å². The molecule has 0 aromatic carbocycles. The number of rotatable bonds is 3. The van der Waals surface area contributed by atoms with Crippen LogP contribution in [0.3, 0.4) is 0 Å². The van der Waals surface area contributed by atoms with Crippen molar-refractivity contribution in [3.63, 3.8) is 0 Å². The molecule has 0 bridgehead atoms. The number of aryl methyl sites for hydroxylation is 1. The van der Waals surface area contributed by atoms with Crippen molar-refractivity contribution >= 4 is 5.91 Å². The lowest BCUT2D eigenvalue weighted by atomic mass is 10.3. The number of aromatic nitrogens is 2. The van der Waals surface area contributed by atoms with Crippen LogP contribution in [-0.4, -0.2) is 16.1 Å². The van der Waals surface area contributed by atoms with Crippen molar-refractivity contribution in [2.75, 3.05) is 0 Å². The van der Waals surface area contributed by atoms with E-state index in [0.29, 0.717) is 12.1 Å². The lowest BCUT2D eigenvalue weighted by molar-refractivity contribution is 0.0950. The Morgan fingerprint density at radius 2 is 2.53 bits per heavy atom. The molecule has 0 spiro atoms. The summed E-state index contributed by atoms with van der Waals surface area (Å²) in [5.41, 5.74) is 1.47. The number of carbonyl (C=O) groups excluding carboxylic acids is 1. The molecule has 0 unspecified atom stereocenters. The summed E-state index contributed by atoms with van der Waals surface area (Å²) >= 11 is 0. The molecule has 78 valence electrons. The van der Waals surface area contributed by atoms with Gasteiger partial charge in [-0.15, -0.1) is 0 Å². The SMILES string of the molecule is Cc1cc(C(=O)NCc2cn[nH]c2)co1. The summed E-state index contributed by atoms with van der Waals surface area (Å²) in [6.45, 7) is 2.26. The number of furan rings is 1. The van der Waals surface area contributed by atoms with Gasteiger partial charge in [-0.05, 0) is 13.0 Å². The monoisotopic (exact) mass is 205 g/mol. The quantitative estimate of drug-likeness (QED) is 0.791. The zero-order chi connectivity index (χ0) is 10.7. The van der Waals surface area contributed by atoms with Crippen LogP contribution in [0.4, 0.5) is 0 Å². The molecule has 2 aromatic rings. The van der Waals surface area contributed by atoms with Crippen LogP contribution < -0.4 is 5.32 Å². The first-order valence-electron chi connectivity index (χ1n) is 4.56. The number of aromatic amines is 1. The van der Waals surface area contributed by atoms with Crippen molar-refractivity contribution < 1.29 is 9.21 Å². The van der Waals surface area contributed by atoms with Gasteiger partial charge < -0.3 is 9.73 Å². The summed E-state index contributed by atoms with van der Waals surface area (Å²) in [5.74, 6) is 0.580. The topological polar surface area (TPSA) is 70.9 Å². The molecule has 0 saturated heterocycles. The van der Waals surface area contributed by atoms with Crippen LogP contribution in [0.1, 0.15) is 21.7 Å². The zero-order valence-electron chi connectivity index (χ0n) is 8.28. The molecule has 5 heteroatoms. The van der Waals surface area contributed by atoms with Gasteiger partial charge in [0.15, 0.2) is 0 Å². The molecule has 0 atom stereocenters. The number of hydrogen-bond donors (Lipinski definition) is 2. The second-order valence-corrected chi connectivity index (χ2v) is 3.24. The molecule has 1 amide bonds. The van der Waals surface area contributed by atoms with Crippen molar-refractivity contribution in [2.45, 2.75) is 13.5 Å². The van der Waals surface area contributed by atoms with Crippen molar-refractivity contribution in [1.82, 2.24) is 15.5 Å². The van der Waals surface area contributed by atoms with E-state index in [1.807, 2.05) is 0 Å². The van der Waals surface area contributed by atoms with Gasteiger partial charge >= 0.3 is 0 Å². The molecule has 2 N–H and O–H groups in total. The van der Waals surface area contributed by atoms with Gasteiger partial charge in [-0.2, -0.15) is 5.10 Å². The third-order valence-electron chi connectivity index (χ3n) is 2.00. The Morgan fingerprint density at radius 1 is 1.67 bits per heavy atom. The fourth-order valence-corrected chi connectivity index (χ4v) is 1.22. The van der Waals surface area contributed by atoms with Crippen molar-refractivity contribution in [3.05, 3.63) is 41.6 Å². The van der Waals surface area contributed by atoms with E-state index in [0.717, 1.165) is 11.3 Å². The zero-order valence-corrected chi connectivity index (χ0v) is 8.28. The lowest BCUT2D eigenvalue weighted by Crippen LogP contribution is -2.21. The second-order valence-electron chi connectivity index (χ2n) is 3.24. The van der Waals surface area contributed by atoms with E-state index in [1.165, 1.54) is 6.26 Å². The Balaban J connectivity index is 1.93. The van der Waals surface area contributed by atoms with Gasteiger partial charge in [0.05, 0.1) is 11.8 Å². The van der Waals surface area contributed by atoms with E-state index < -0.39 is 0 Å². The van der Waals surface area contributed by atoms with Gasteiger partial charge in [0.1, 0.15) is 12.0 Å². The standard InChI is InChI=1S/C10H11N3O2/c1-7-2-9(6-15-7)10(14)11-3-8-4-12-13-5-8/h2,4-6H,3H2,1H3,(H,11,14)(H,12,13). The van der Waals surface area contributed by atoms with Gasteiger partial charge in [0.2, 0.25) is 0 Å². The maximum Gasteiger partial charge on any atom is 0.254 e. The fraction of sp³-hybridized carbons (Fsp3) is 0.200. The van der Waals surface area contributed by atoms with Gasteiger partial charge in [-0.1, -0.05) is 0 Å². The van der Waals surface area contributed by atoms with Crippen molar-refractivity contribution in [3.8, 4) is 0 Å². The van der Waals surface area contributed by atoms with E-state index >= 15 is 0 Å². The third-order valence-corrected chi connectivity index (χ3v) is 2.00. The Kier molecular flexibility index (Phi) is 2.53. The van der Waals surface area contributed by atoms with Gasteiger partial charge in [0.25, 0.3) is 5.91 Å². The van der Waals surface area contributed by atoms with Crippen LogP contribution in [0.25, 0.3) is 0 Å². The van der Waals surface area contributed by atoms with Crippen LogP contribution in [0.5, 0.6) is 0 Å². The predicted molar refractivity (Wildman–Crippen MR) is 53.2 cm³/mol. The highest BCUT2D eigenvalue weighted by molar-refractivity contribution is 5.93. The van der Waals surface area contributed by atoms with E-state index in [2.05, 4.69) is 15.5 Å². The number of carbonyl (C=O) groups is 1. The second kappa shape index (κ2) is 4.00. The average Bonchev–Trinajstić information content (AvgIpc) is 2.84. The number of amides is 1. The first-order chi connectivity index (χ1) is 7.25. The lowest BCUT2D eigenvalue weighted by Gasteiger charge is -1.99. The number of hydrogen-bond acceptors (Lipinski definition) is 3. The number of nitrogens with one attached hydrogen (secondary N) is 2. The third kappa shape index (κ3) is 2.25. The minimum atomic E-state index is -0.145. The maximum absolute atomic E-state index is 11.6. The van der Waals surface area contributed by atoms with Crippen LogP contribution in [-0.2, 0) is 6.54 Å². The minimum Gasteiger partial charge on any atom is -0.469 e. The largest absolute Gasteiger partial charge is 0.469 e. The van der Waals surface area contributed by atoms with Gasteiger partial charge in [-0.25, -0.2) is 0 Å². The molecule has 0 saturated carbocycles. The summed E-state index contributed by atoms with van der Waals surface area (Å²) in [7, 11) is 0. The van der Waals surface area contributed by atoms with Gasteiger partial charge in [-0.3, -0.25) is 9.89 Å². The molecule has 2 heterocycles. The molecular weight excluding hydrogens is 194 g/mol. The molecule has 0 radical (unpaired) electrons. The van der Waals surface area contributed by atoms with Crippen molar-refractivity contribution in [1.29, 1.82) is 0 Å². The van der Waals surface area contributed by atoms with Gasteiger partial charge in [0, 0.05) is 18.3 Å². The minimum absolute atomic E-state index is 0.145. The molecule has 2 aromatic heterocycles. The number of nitrogens with zero attached hydrogens (tertiary/aromatic N) is 1. The molecule has 0 fully saturated rings. The summed E-state index contributed by atoms with van der Waals surface area (Å²) in [5, 5.41) is 9.22. The summed E-state index contributed by atoms with van der Waals surface area (Å²) in [6, 6.07) is 1.70.